The number of aliphatic imine (C=N–C) groups is 1. The number of hydrogen-bond acceptors (Lipinski definition) is 2. The maximum Gasteiger partial charge on any atom is 0.0621 e. The Morgan fingerprint density at radius 2 is 1.90 bits per heavy atom. The van der Waals surface area contributed by atoms with Crippen molar-refractivity contribution >= 4 is 11.8 Å². The van der Waals surface area contributed by atoms with Crippen LogP contribution in [0.1, 0.15) is 83.4 Å². The minimum atomic E-state index is -0.303. The number of nitrogens with zero attached hydrogens (tertiary/aromatic N) is 1. The first-order valence-electron chi connectivity index (χ1n) is 11.6. The second-order valence-electron chi connectivity index (χ2n) is 8.91. The first kappa shape index (κ1) is 23.6. The van der Waals surface area contributed by atoms with Crippen LogP contribution in [0.2, 0.25) is 0 Å². The molecule has 0 saturated carbocycles. The number of benzene rings is 1. The Morgan fingerprint density at radius 3 is 2.52 bits per heavy atom. The number of hydrogen-bond donors (Lipinski definition) is 1. The third-order valence-electron chi connectivity index (χ3n) is 6.17. The molecule has 0 fully saturated rings. The van der Waals surface area contributed by atoms with Crippen LogP contribution in [0.3, 0.4) is 0 Å². The predicted molar refractivity (Wildman–Crippen MR) is 128 cm³/mol. The lowest BCUT2D eigenvalue weighted by molar-refractivity contribution is 0.133. The maximum atomic E-state index is 10.7. The number of rotatable bonds is 11. The van der Waals surface area contributed by atoms with Crippen LogP contribution >= 0.6 is 0 Å². The highest BCUT2D eigenvalue weighted by Gasteiger charge is 2.29. The van der Waals surface area contributed by atoms with E-state index in [4.69, 9.17) is 4.99 Å². The van der Waals surface area contributed by atoms with E-state index in [1.165, 1.54) is 34.3 Å². The van der Waals surface area contributed by atoms with E-state index >= 15 is 0 Å². The second-order valence-corrected chi connectivity index (χ2v) is 8.91. The molecule has 0 spiro atoms. The highest BCUT2D eigenvalue weighted by Crippen LogP contribution is 2.31. The SMILES string of the molecule is CCC/C=C/c1ccc(CC2=C(C(C)C)CN=C2C(C)C(O)CCCC)c(C)c1. The molecule has 0 radical (unpaired) electrons. The van der Waals surface area contributed by atoms with Gasteiger partial charge in [0, 0.05) is 11.6 Å². The van der Waals surface area contributed by atoms with Gasteiger partial charge in [-0.2, -0.15) is 0 Å². The first-order valence-corrected chi connectivity index (χ1v) is 11.6. The normalized spacial score (nSPS) is 16.8. The molecule has 2 rings (SSSR count). The van der Waals surface area contributed by atoms with Gasteiger partial charge in [0.1, 0.15) is 0 Å². The largest absolute Gasteiger partial charge is 0.392 e. The molecule has 2 heteroatoms. The fourth-order valence-corrected chi connectivity index (χ4v) is 4.12. The van der Waals surface area contributed by atoms with Crippen molar-refractivity contribution in [2.75, 3.05) is 6.54 Å². The molecule has 1 aromatic carbocycles. The molecule has 0 bridgehead atoms. The Morgan fingerprint density at radius 1 is 1.14 bits per heavy atom. The van der Waals surface area contributed by atoms with Crippen molar-refractivity contribution < 1.29 is 5.11 Å². The summed E-state index contributed by atoms with van der Waals surface area (Å²) in [5, 5.41) is 10.7. The first-order chi connectivity index (χ1) is 13.9. The molecule has 2 nitrogen and oxygen atoms in total. The Kier molecular flexibility index (Phi) is 9.36. The third kappa shape index (κ3) is 6.40. The lowest BCUT2D eigenvalue weighted by atomic mass is 9.84. The standard InChI is InChI=1S/C27H41NO/c1-7-9-11-12-22-14-15-23(20(5)16-22)17-24-25(19(3)4)18-28-27(24)21(6)26(29)13-10-8-2/h11-12,14-16,19,21,26,29H,7-10,13,17-18H2,1-6H3/b12-11+. The van der Waals surface area contributed by atoms with E-state index in [0.717, 1.165) is 44.4 Å². The third-order valence-corrected chi connectivity index (χ3v) is 6.17. The molecule has 0 aromatic heterocycles. The summed E-state index contributed by atoms with van der Waals surface area (Å²) in [6.07, 6.45) is 10.5. The van der Waals surface area contributed by atoms with Gasteiger partial charge in [0.15, 0.2) is 0 Å². The zero-order valence-corrected chi connectivity index (χ0v) is 19.5. The Labute approximate surface area is 178 Å². The maximum absolute atomic E-state index is 10.7. The molecule has 0 amide bonds. The number of aliphatic hydroxyl groups excluding tert-OH is 1. The molecule has 1 aliphatic heterocycles. The van der Waals surface area contributed by atoms with Gasteiger partial charge in [-0.1, -0.05) is 84.2 Å². The molecule has 0 saturated heterocycles. The van der Waals surface area contributed by atoms with Crippen LogP contribution in [0.5, 0.6) is 0 Å². The summed E-state index contributed by atoms with van der Waals surface area (Å²) in [4.78, 5) is 4.91. The molecule has 160 valence electrons. The Hall–Kier alpha value is -1.67. The van der Waals surface area contributed by atoms with E-state index in [9.17, 15) is 5.11 Å². The zero-order valence-electron chi connectivity index (χ0n) is 19.5. The van der Waals surface area contributed by atoms with Crippen LogP contribution < -0.4 is 0 Å². The fourth-order valence-electron chi connectivity index (χ4n) is 4.12. The highest BCUT2D eigenvalue weighted by molar-refractivity contribution is 6.05. The molecule has 2 atom stereocenters. The molecule has 2 unspecified atom stereocenters. The lowest BCUT2D eigenvalue weighted by Crippen LogP contribution is -2.27. The Balaban J connectivity index is 2.24. The van der Waals surface area contributed by atoms with Crippen molar-refractivity contribution in [3.05, 3.63) is 52.1 Å². The van der Waals surface area contributed by atoms with Crippen molar-refractivity contribution in [1.82, 2.24) is 0 Å². The van der Waals surface area contributed by atoms with Crippen LogP contribution in [0.4, 0.5) is 0 Å². The molecule has 1 aliphatic rings. The van der Waals surface area contributed by atoms with Crippen LogP contribution in [-0.4, -0.2) is 23.5 Å². The molecule has 1 aromatic rings. The molecular weight excluding hydrogens is 354 g/mol. The second kappa shape index (κ2) is 11.5. The van der Waals surface area contributed by atoms with Gasteiger partial charge in [0.2, 0.25) is 0 Å². The van der Waals surface area contributed by atoms with Crippen molar-refractivity contribution in [1.29, 1.82) is 0 Å². The number of allylic oxidation sites excluding steroid dienone is 2. The van der Waals surface area contributed by atoms with Gasteiger partial charge in [0.25, 0.3) is 0 Å². The van der Waals surface area contributed by atoms with Gasteiger partial charge >= 0.3 is 0 Å². The Bertz CT molecular complexity index is 754. The highest BCUT2D eigenvalue weighted by atomic mass is 16.3. The van der Waals surface area contributed by atoms with Gasteiger partial charge < -0.3 is 5.11 Å². The van der Waals surface area contributed by atoms with Gasteiger partial charge in [0.05, 0.1) is 12.6 Å². The minimum Gasteiger partial charge on any atom is -0.392 e. The van der Waals surface area contributed by atoms with Crippen LogP contribution in [0.15, 0.2) is 40.4 Å². The molecule has 29 heavy (non-hydrogen) atoms. The quantitative estimate of drug-likeness (QED) is 0.432. The minimum absolute atomic E-state index is 0.101. The van der Waals surface area contributed by atoms with E-state index in [0.29, 0.717) is 5.92 Å². The summed E-state index contributed by atoms with van der Waals surface area (Å²) in [6, 6.07) is 6.80. The monoisotopic (exact) mass is 395 g/mol. The summed E-state index contributed by atoms with van der Waals surface area (Å²) >= 11 is 0. The average molecular weight is 396 g/mol. The summed E-state index contributed by atoms with van der Waals surface area (Å²) < 4.78 is 0. The van der Waals surface area contributed by atoms with Crippen molar-refractivity contribution in [2.24, 2.45) is 16.8 Å². The molecular formula is C27H41NO. The molecule has 1 N–H and O–H groups in total. The lowest BCUT2D eigenvalue weighted by Gasteiger charge is -2.22. The topological polar surface area (TPSA) is 32.6 Å². The summed E-state index contributed by atoms with van der Waals surface area (Å²) in [6.45, 7) is 14.1. The van der Waals surface area contributed by atoms with Crippen molar-refractivity contribution in [3.63, 3.8) is 0 Å². The van der Waals surface area contributed by atoms with Gasteiger partial charge in [-0.05, 0) is 59.9 Å². The van der Waals surface area contributed by atoms with Crippen LogP contribution in [-0.2, 0) is 6.42 Å². The number of aryl methyl sites for hydroxylation is 1. The van der Waals surface area contributed by atoms with Crippen LogP contribution in [0.25, 0.3) is 6.08 Å². The summed E-state index contributed by atoms with van der Waals surface area (Å²) in [5.74, 6) is 0.590. The summed E-state index contributed by atoms with van der Waals surface area (Å²) in [5.41, 5.74) is 7.95. The zero-order chi connectivity index (χ0) is 21.4. The average Bonchev–Trinajstić information content (AvgIpc) is 3.11. The van der Waals surface area contributed by atoms with E-state index < -0.39 is 0 Å². The fraction of sp³-hybridized carbons (Fsp3) is 0.593. The number of unbranched alkanes of at least 4 members (excludes halogenated alkanes) is 2. The summed E-state index contributed by atoms with van der Waals surface area (Å²) in [7, 11) is 0. The van der Waals surface area contributed by atoms with Crippen molar-refractivity contribution in [2.45, 2.75) is 86.2 Å². The van der Waals surface area contributed by atoms with Gasteiger partial charge in [-0.3, -0.25) is 4.99 Å². The predicted octanol–water partition coefficient (Wildman–Crippen LogP) is 6.95. The number of aliphatic hydroxyl groups is 1. The van der Waals surface area contributed by atoms with E-state index in [1.807, 2.05) is 0 Å². The van der Waals surface area contributed by atoms with Gasteiger partial charge in [-0.25, -0.2) is 0 Å². The molecule has 1 heterocycles. The van der Waals surface area contributed by atoms with Gasteiger partial charge in [-0.15, -0.1) is 0 Å². The molecule has 0 aliphatic carbocycles. The van der Waals surface area contributed by atoms with Crippen molar-refractivity contribution in [3.8, 4) is 0 Å². The smallest absolute Gasteiger partial charge is 0.0621 e. The van der Waals surface area contributed by atoms with E-state index in [-0.39, 0.29) is 12.0 Å². The van der Waals surface area contributed by atoms with E-state index in [2.05, 4.69) is 71.9 Å². The van der Waals surface area contributed by atoms with Crippen LogP contribution in [0, 0.1) is 18.8 Å². The van der Waals surface area contributed by atoms with E-state index in [1.54, 1.807) is 0 Å².